The van der Waals surface area contributed by atoms with Crippen molar-refractivity contribution < 1.29 is 19.4 Å². The summed E-state index contributed by atoms with van der Waals surface area (Å²) in [5, 5.41) is 8.96. The molecule has 1 heterocycles. The van der Waals surface area contributed by atoms with Crippen LogP contribution in [0.5, 0.6) is 5.75 Å². The molecule has 5 heteroatoms. The Morgan fingerprint density at radius 3 is 2.56 bits per heavy atom. The van der Waals surface area contributed by atoms with E-state index in [4.69, 9.17) is 9.84 Å². The fraction of sp³-hybridized carbons (Fsp3) is 0.300. The maximum atomic E-state index is 12.8. The zero-order valence-electron chi connectivity index (χ0n) is 14.4. The maximum absolute atomic E-state index is 12.8. The van der Waals surface area contributed by atoms with Gasteiger partial charge in [0.2, 0.25) is 0 Å². The number of fused-ring (bicyclic) bond motifs is 1. The van der Waals surface area contributed by atoms with Crippen molar-refractivity contribution in [3.63, 3.8) is 0 Å². The second-order valence-electron chi connectivity index (χ2n) is 6.46. The summed E-state index contributed by atoms with van der Waals surface area (Å²) in [5.41, 5.74) is 2.89. The van der Waals surface area contributed by atoms with Crippen molar-refractivity contribution in [3.05, 3.63) is 64.7 Å². The van der Waals surface area contributed by atoms with Gasteiger partial charge in [0.1, 0.15) is 5.75 Å². The number of aromatic carboxylic acids is 1. The molecule has 5 nitrogen and oxygen atoms in total. The van der Waals surface area contributed by atoms with Gasteiger partial charge < -0.3 is 14.7 Å². The van der Waals surface area contributed by atoms with Crippen LogP contribution in [0.2, 0.25) is 0 Å². The van der Waals surface area contributed by atoms with E-state index in [9.17, 15) is 9.59 Å². The second-order valence-corrected chi connectivity index (χ2v) is 6.46. The van der Waals surface area contributed by atoms with Crippen LogP contribution in [0.15, 0.2) is 42.5 Å². The molecule has 0 saturated heterocycles. The van der Waals surface area contributed by atoms with Gasteiger partial charge in [-0.15, -0.1) is 0 Å². The van der Waals surface area contributed by atoms with Gasteiger partial charge in [-0.3, -0.25) is 4.79 Å². The van der Waals surface area contributed by atoms with Crippen LogP contribution in [0.3, 0.4) is 0 Å². The number of carbonyl (C=O) groups excluding carboxylic acids is 1. The molecule has 25 heavy (non-hydrogen) atoms. The highest BCUT2D eigenvalue weighted by atomic mass is 16.5. The predicted octanol–water partition coefficient (Wildman–Crippen LogP) is 3.37. The zero-order valence-corrected chi connectivity index (χ0v) is 14.4. The molecule has 0 atom stereocenters. The van der Waals surface area contributed by atoms with Gasteiger partial charge in [0.15, 0.2) is 0 Å². The van der Waals surface area contributed by atoms with Gasteiger partial charge in [-0.25, -0.2) is 4.79 Å². The molecule has 0 aliphatic carbocycles. The quantitative estimate of drug-likeness (QED) is 0.907. The van der Waals surface area contributed by atoms with E-state index >= 15 is 0 Å². The fourth-order valence-corrected chi connectivity index (χ4v) is 2.97. The van der Waals surface area contributed by atoms with Crippen LogP contribution in [0, 0.1) is 0 Å². The van der Waals surface area contributed by atoms with E-state index in [2.05, 4.69) is 0 Å². The molecule has 3 rings (SSSR count). The van der Waals surface area contributed by atoms with Crippen LogP contribution < -0.4 is 4.74 Å². The Balaban J connectivity index is 1.77. The van der Waals surface area contributed by atoms with Gasteiger partial charge in [0.05, 0.1) is 11.7 Å². The zero-order chi connectivity index (χ0) is 18.0. The molecular weight excluding hydrogens is 318 g/mol. The van der Waals surface area contributed by atoms with Crippen LogP contribution in [0.25, 0.3) is 0 Å². The number of hydrogen-bond acceptors (Lipinski definition) is 3. The number of carboxylic acid groups (broad SMARTS) is 1. The minimum absolute atomic E-state index is 0.0160. The third kappa shape index (κ3) is 3.82. The molecule has 1 N–H and O–H groups in total. The number of carbonyl (C=O) groups is 2. The Kier molecular flexibility index (Phi) is 4.74. The normalized spacial score (nSPS) is 13.7. The lowest BCUT2D eigenvalue weighted by molar-refractivity contribution is 0.0693. The van der Waals surface area contributed by atoms with Gasteiger partial charge in [0, 0.05) is 18.7 Å². The molecule has 1 amide bonds. The van der Waals surface area contributed by atoms with E-state index in [1.165, 1.54) is 0 Å². The lowest BCUT2D eigenvalue weighted by Crippen LogP contribution is -2.37. The van der Waals surface area contributed by atoms with Crippen LogP contribution in [0.4, 0.5) is 0 Å². The molecular formula is C20H21NO4. The Morgan fingerprint density at radius 2 is 1.92 bits per heavy atom. The van der Waals surface area contributed by atoms with E-state index < -0.39 is 5.97 Å². The van der Waals surface area contributed by atoms with Crippen molar-refractivity contribution in [1.82, 2.24) is 4.90 Å². The third-order valence-corrected chi connectivity index (χ3v) is 4.20. The first-order valence-corrected chi connectivity index (χ1v) is 8.35. The van der Waals surface area contributed by atoms with Crippen molar-refractivity contribution >= 4 is 11.9 Å². The highest BCUT2D eigenvalue weighted by Crippen LogP contribution is 2.25. The Hall–Kier alpha value is -2.82. The summed E-state index contributed by atoms with van der Waals surface area (Å²) in [5.74, 6) is -0.264. The van der Waals surface area contributed by atoms with E-state index in [0.29, 0.717) is 24.4 Å². The maximum Gasteiger partial charge on any atom is 0.335 e. The molecule has 1 aliphatic heterocycles. The van der Waals surface area contributed by atoms with E-state index in [-0.39, 0.29) is 17.6 Å². The van der Waals surface area contributed by atoms with Crippen molar-refractivity contribution in [2.24, 2.45) is 0 Å². The molecule has 0 spiro atoms. The first-order chi connectivity index (χ1) is 11.9. The van der Waals surface area contributed by atoms with Gasteiger partial charge in [-0.2, -0.15) is 0 Å². The van der Waals surface area contributed by atoms with Crippen molar-refractivity contribution in [3.8, 4) is 5.75 Å². The highest BCUT2D eigenvalue weighted by Gasteiger charge is 2.25. The van der Waals surface area contributed by atoms with Gasteiger partial charge in [-0.05, 0) is 55.7 Å². The van der Waals surface area contributed by atoms with Gasteiger partial charge >= 0.3 is 5.97 Å². The van der Waals surface area contributed by atoms with Gasteiger partial charge in [0.25, 0.3) is 5.91 Å². The third-order valence-electron chi connectivity index (χ3n) is 4.20. The lowest BCUT2D eigenvalue weighted by atomic mass is 9.98. The minimum Gasteiger partial charge on any atom is -0.491 e. The summed E-state index contributed by atoms with van der Waals surface area (Å²) >= 11 is 0. The number of benzene rings is 2. The van der Waals surface area contributed by atoms with E-state index in [0.717, 1.165) is 17.5 Å². The van der Waals surface area contributed by atoms with Crippen LogP contribution in [0.1, 0.15) is 45.7 Å². The summed E-state index contributed by atoms with van der Waals surface area (Å²) in [4.78, 5) is 25.5. The molecule has 0 fully saturated rings. The molecule has 0 unspecified atom stereocenters. The predicted molar refractivity (Wildman–Crippen MR) is 94.1 cm³/mol. The molecule has 2 aromatic carbocycles. The fourth-order valence-electron chi connectivity index (χ4n) is 2.97. The molecule has 130 valence electrons. The Morgan fingerprint density at radius 1 is 1.20 bits per heavy atom. The summed E-state index contributed by atoms with van der Waals surface area (Å²) < 4.78 is 5.69. The van der Waals surface area contributed by atoms with Crippen molar-refractivity contribution in [1.29, 1.82) is 0 Å². The monoisotopic (exact) mass is 339 g/mol. The summed E-state index contributed by atoms with van der Waals surface area (Å²) in [6.07, 6.45) is 0.858. The molecule has 0 radical (unpaired) electrons. The largest absolute Gasteiger partial charge is 0.491 e. The smallest absolute Gasteiger partial charge is 0.335 e. The minimum atomic E-state index is -0.952. The van der Waals surface area contributed by atoms with Crippen molar-refractivity contribution in [2.75, 3.05) is 6.54 Å². The molecule has 0 aromatic heterocycles. The van der Waals surface area contributed by atoms with Crippen LogP contribution >= 0.6 is 0 Å². The Labute approximate surface area is 146 Å². The number of amides is 1. The number of carboxylic acids is 1. The number of ether oxygens (including phenoxy) is 1. The van der Waals surface area contributed by atoms with Crippen LogP contribution in [-0.4, -0.2) is 34.5 Å². The summed E-state index contributed by atoms with van der Waals surface area (Å²) in [6.45, 7) is 5.02. The number of nitrogens with zero attached hydrogens (tertiary/aromatic N) is 1. The standard InChI is InChI=1S/C20H21NO4/c1-13(2)25-17-8-7-15-9-10-21(19(22)18(15)11-17)12-14-3-5-16(6-4-14)20(23)24/h3-8,11,13H,9-10,12H2,1-2H3,(H,23,24). The first kappa shape index (κ1) is 17.0. The second kappa shape index (κ2) is 6.97. The lowest BCUT2D eigenvalue weighted by Gasteiger charge is -2.29. The number of hydrogen-bond donors (Lipinski definition) is 1. The first-order valence-electron chi connectivity index (χ1n) is 8.35. The summed E-state index contributed by atoms with van der Waals surface area (Å²) in [7, 11) is 0. The molecule has 1 aliphatic rings. The molecule has 0 saturated carbocycles. The highest BCUT2D eigenvalue weighted by molar-refractivity contribution is 5.97. The van der Waals surface area contributed by atoms with Crippen molar-refractivity contribution in [2.45, 2.75) is 32.9 Å². The van der Waals surface area contributed by atoms with Gasteiger partial charge in [-0.1, -0.05) is 18.2 Å². The molecule has 2 aromatic rings. The molecule has 0 bridgehead atoms. The summed E-state index contributed by atoms with van der Waals surface area (Å²) in [6, 6.07) is 12.3. The average Bonchev–Trinajstić information content (AvgIpc) is 2.58. The number of rotatable bonds is 5. The van der Waals surface area contributed by atoms with E-state index in [1.807, 2.05) is 32.0 Å². The Bertz CT molecular complexity index is 796. The SMILES string of the molecule is CC(C)Oc1ccc2c(c1)C(=O)N(Cc1ccc(C(=O)O)cc1)CC2. The average molecular weight is 339 g/mol. The van der Waals surface area contributed by atoms with Crippen LogP contribution in [-0.2, 0) is 13.0 Å². The van der Waals surface area contributed by atoms with E-state index in [1.54, 1.807) is 29.2 Å². The topological polar surface area (TPSA) is 66.8 Å².